The minimum absolute atomic E-state index is 0.0349. The van der Waals surface area contributed by atoms with E-state index in [1.165, 1.54) is 12.8 Å². The van der Waals surface area contributed by atoms with Gasteiger partial charge < -0.3 is 10.6 Å². The second-order valence-corrected chi connectivity index (χ2v) is 6.23. The molecule has 0 aliphatic heterocycles. The van der Waals surface area contributed by atoms with Crippen LogP contribution < -0.4 is 10.6 Å². The van der Waals surface area contributed by atoms with Crippen LogP contribution in [0.15, 0.2) is 24.3 Å². The van der Waals surface area contributed by atoms with E-state index in [0.717, 1.165) is 24.1 Å². The molecule has 2 N–H and O–H groups in total. The molecular formula is C16H24N2O. The number of amides is 1. The Bertz CT molecular complexity index is 454. The van der Waals surface area contributed by atoms with E-state index in [1.807, 2.05) is 31.3 Å². The molecule has 1 aliphatic carbocycles. The van der Waals surface area contributed by atoms with E-state index >= 15 is 0 Å². The first kappa shape index (κ1) is 13.9. The van der Waals surface area contributed by atoms with Gasteiger partial charge in [-0.2, -0.15) is 0 Å². The third-order valence-corrected chi connectivity index (χ3v) is 3.98. The quantitative estimate of drug-likeness (QED) is 0.874. The van der Waals surface area contributed by atoms with Crippen LogP contribution in [0, 0.1) is 5.41 Å². The van der Waals surface area contributed by atoms with Crippen molar-refractivity contribution in [2.75, 3.05) is 12.4 Å². The molecule has 19 heavy (non-hydrogen) atoms. The maximum absolute atomic E-state index is 12.4. The number of benzene rings is 1. The Labute approximate surface area is 115 Å². The van der Waals surface area contributed by atoms with Gasteiger partial charge in [-0.15, -0.1) is 0 Å². The monoisotopic (exact) mass is 260 g/mol. The molecule has 2 rings (SSSR count). The number of nitrogens with one attached hydrogen (secondary N) is 2. The Balaban J connectivity index is 2.05. The molecule has 0 aromatic heterocycles. The predicted octanol–water partition coefficient (Wildman–Crippen LogP) is 3.43. The third kappa shape index (κ3) is 3.49. The van der Waals surface area contributed by atoms with Gasteiger partial charge in [-0.3, -0.25) is 4.79 Å². The number of anilines is 1. The summed E-state index contributed by atoms with van der Waals surface area (Å²) in [6.07, 6.45) is 4.62. The zero-order valence-corrected chi connectivity index (χ0v) is 12.1. The Morgan fingerprint density at radius 1 is 1.32 bits per heavy atom. The fourth-order valence-electron chi connectivity index (χ4n) is 2.98. The highest BCUT2D eigenvalue weighted by atomic mass is 16.1. The van der Waals surface area contributed by atoms with Crippen LogP contribution in [0.3, 0.4) is 0 Å². The van der Waals surface area contributed by atoms with Gasteiger partial charge in [0.25, 0.3) is 5.91 Å². The summed E-state index contributed by atoms with van der Waals surface area (Å²) in [5, 5.41) is 6.26. The highest BCUT2D eigenvalue weighted by Gasteiger charge is 2.29. The molecule has 0 bridgehead atoms. The summed E-state index contributed by atoms with van der Waals surface area (Å²) in [4.78, 5) is 12.4. The lowest BCUT2D eigenvalue weighted by atomic mass is 9.75. The molecule has 1 amide bonds. The molecule has 0 saturated heterocycles. The number of hydrogen-bond donors (Lipinski definition) is 2. The Kier molecular flexibility index (Phi) is 4.13. The Hall–Kier alpha value is -1.51. The van der Waals surface area contributed by atoms with E-state index in [1.54, 1.807) is 0 Å². The number of para-hydroxylation sites is 1. The minimum atomic E-state index is 0.0349. The molecule has 0 heterocycles. The van der Waals surface area contributed by atoms with E-state index in [0.29, 0.717) is 11.5 Å². The predicted molar refractivity (Wildman–Crippen MR) is 79.5 cm³/mol. The molecule has 0 spiro atoms. The first-order valence-electron chi connectivity index (χ1n) is 7.09. The van der Waals surface area contributed by atoms with Crippen LogP contribution in [0.5, 0.6) is 0 Å². The average molecular weight is 260 g/mol. The van der Waals surface area contributed by atoms with Crippen LogP contribution in [-0.4, -0.2) is 19.0 Å². The number of carbonyl (C=O) groups excluding carboxylic acids is 1. The zero-order chi connectivity index (χ0) is 13.9. The van der Waals surface area contributed by atoms with Gasteiger partial charge in [0.2, 0.25) is 0 Å². The molecule has 1 unspecified atom stereocenters. The summed E-state index contributed by atoms with van der Waals surface area (Å²) < 4.78 is 0. The lowest BCUT2D eigenvalue weighted by Crippen LogP contribution is -2.40. The van der Waals surface area contributed by atoms with Crippen molar-refractivity contribution in [2.24, 2.45) is 5.41 Å². The fraction of sp³-hybridized carbons (Fsp3) is 0.562. The first-order valence-corrected chi connectivity index (χ1v) is 7.09. The van der Waals surface area contributed by atoms with Crippen LogP contribution in [0.1, 0.15) is 49.9 Å². The summed E-state index contributed by atoms with van der Waals surface area (Å²) in [7, 11) is 1.84. The molecular weight excluding hydrogens is 236 g/mol. The van der Waals surface area contributed by atoms with Crippen LogP contribution in [0.4, 0.5) is 5.69 Å². The molecule has 104 valence electrons. The highest BCUT2D eigenvalue weighted by Crippen LogP contribution is 2.35. The topological polar surface area (TPSA) is 41.1 Å². The van der Waals surface area contributed by atoms with Crippen molar-refractivity contribution in [1.29, 1.82) is 0 Å². The van der Waals surface area contributed by atoms with E-state index in [-0.39, 0.29) is 5.91 Å². The molecule has 1 fully saturated rings. The standard InChI is InChI=1S/C16H24N2O/c1-16(2)10-6-7-12(11-16)18-15(19)13-8-4-5-9-14(13)17-3/h4-5,8-9,12,17H,6-7,10-11H2,1-3H3,(H,18,19). The lowest BCUT2D eigenvalue weighted by molar-refractivity contribution is 0.0903. The molecule has 1 aliphatic rings. The number of rotatable bonds is 3. The molecule has 1 atom stereocenters. The van der Waals surface area contributed by atoms with Gasteiger partial charge in [-0.25, -0.2) is 0 Å². The second kappa shape index (κ2) is 5.64. The third-order valence-electron chi connectivity index (χ3n) is 3.98. The van der Waals surface area contributed by atoms with Crippen LogP contribution in [0.25, 0.3) is 0 Å². The van der Waals surface area contributed by atoms with Crippen LogP contribution >= 0.6 is 0 Å². The summed E-state index contributed by atoms with van der Waals surface area (Å²) >= 11 is 0. The van der Waals surface area contributed by atoms with Gasteiger partial charge in [0.05, 0.1) is 5.56 Å². The van der Waals surface area contributed by atoms with E-state index in [4.69, 9.17) is 0 Å². The average Bonchev–Trinajstić information content (AvgIpc) is 2.37. The molecule has 0 radical (unpaired) electrons. The van der Waals surface area contributed by atoms with E-state index in [2.05, 4.69) is 24.5 Å². The summed E-state index contributed by atoms with van der Waals surface area (Å²) in [6, 6.07) is 7.95. The van der Waals surface area contributed by atoms with Gasteiger partial charge in [0.15, 0.2) is 0 Å². The van der Waals surface area contributed by atoms with Gasteiger partial charge >= 0.3 is 0 Å². The smallest absolute Gasteiger partial charge is 0.253 e. The van der Waals surface area contributed by atoms with Crippen molar-refractivity contribution < 1.29 is 4.79 Å². The lowest BCUT2D eigenvalue weighted by Gasteiger charge is -2.35. The van der Waals surface area contributed by atoms with Gasteiger partial charge in [-0.05, 0) is 36.8 Å². The molecule has 1 aromatic rings. The summed E-state index contributed by atoms with van der Waals surface area (Å²) in [5.41, 5.74) is 1.96. The van der Waals surface area contributed by atoms with Crippen molar-refractivity contribution >= 4 is 11.6 Å². The normalized spacial score (nSPS) is 21.7. The fourth-order valence-corrected chi connectivity index (χ4v) is 2.98. The summed E-state index contributed by atoms with van der Waals surface area (Å²) in [5.74, 6) is 0.0349. The largest absolute Gasteiger partial charge is 0.387 e. The van der Waals surface area contributed by atoms with Gasteiger partial charge in [0.1, 0.15) is 0 Å². The molecule has 3 heteroatoms. The van der Waals surface area contributed by atoms with Crippen molar-refractivity contribution in [3.63, 3.8) is 0 Å². The molecule has 1 aromatic carbocycles. The SMILES string of the molecule is CNc1ccccc1C(=O)NC1CCCC(C)(C)C1. The highest BCUT2D eigenvalue weighted by molar-refractivity contribution is 5.99. The van der Waals surface area contributed by atoms with Gasteiger partial charge in [-0.1, -0.05) is 32.4 Å². The maximum Gasteiger partial charge on any atom is 0.253 e. The molecule has 1 saturated carbocycles. The van der Waals surface area contributed by atoms with Gasteiger partial charge in [0, 0.05) is 18.8 Å². The van der Waals surface area contributed by atoms with Crippen LogP contribution in [0.2, 0.25) is 0 Å². The van der Waals surface area contributed by atoms with E-state index < -0.39 is 0 Å². The van der Waals surface area contributed by atoms with E-state index in [9.17, 15) is 4.79 Å². The zero-order valence-electron chi connectivity index (χ0n) is 12.1. The van der Waals surface area contributed by atoms with Crippen molar-refractivity contribution in [1.82, 2.24) is 5.32 Å². The number of hydrogen-bond acceptors (Lipinski definition) is 2. The molecule has 3 nitrogen and oxygen atoms in total. The van der Waals surface area contributed by atoms with Crippen molar-refractivity contribution in [3.8, 4) is 0 Å². The van der Waals surface area contributed by atoms with Crippen LogP contribution in [-0.2, 0) is 0 Å². The first-order chi connectivity index (χ1) is 9.02. The number of carbonyl (C=O) groups is 1. The Morgan fingerprint density at radius 3 is 2.74 bits per heavy atom. The maximum atomic E-state index is 12.4. The minimum Gasteiger partial charge on any atom is -0.387 e. The second-order valence-electron chi connectivity index (χ2n) is 6.23. The van der Waals surface area contributed by atoms with Crippen molar-refractivity contribution in [3.05, 3.63) is 29.8 Å². The van der Waals surface area contributed by atoms with Crippen molar-refractivity contribution in [2.45, 2.75) is 45.6 Å². The summed E-state index contributed by atoms with van der Waals surface area (Å²) in [6.45, 7) is 4.57. The Morgan fingerprint density at radius 2 is 2.05 bits per heavy atom.